The van der Waals surface area contributed by atoms with Crippen LogP contribution in [0, 0.1) is 0 Å². The van der Waals surface area contributed by atoms with E-state index in [9.17, 15) is 4.79 Å². The number of hydrogen-bond donors (Lipinski definition) is 1. The summed E-state index contributed by atoms with van der Waals surface area (Å²) in [4.78, 5) is 11.7. The number of hydrogen-bond acceptors (Lipinski definition) is 4. The van der Waals surface area contributed by atoms with Crippen LogP contribution in [0.3, 0.4) is 0 Å². The zero-order valence-corrected chi connectivity index (χ0v) is 5.48. The Bertz CT molecular complexity index is 242. The Balaban J connectivity index is 2.88. The van der Waals surface area contributed by atoms with Crippen LogP contribution >= 0.6 is 0 Å². The Morgan fingerprint density at radius 2 is 2.50 bits per heavy atom. The molecule has 54 valence electrons. The monoisotopic (exact) mass is 141 g/mol. The molecule has 1 heterocycles. The summed E-state index contributed by atoms with van der Waals surface area (Å²) in [7, 11) is 0. The highest BCUT2D eigenvalue weighted by Gasteiger charge is 2.05. The smallest absolute Gasteiger partial charge is 0.290 e. The Morgan fingerprint density at radius 1 is 1.80 bits per heavy atom. The minimum atomic E-state index is -0.653. The van der Waals surface area contributed by atoms with Crippen LogP contribution in [0.4, 0.5) is 0 Å². The van der Waals surface area contributed by atoms with Crippen LogP contribution in [-0.2, 0) is 6.54 Å². The second kappa shape index (κ2) is 2.42. The maximum absolute atomic E-state index is 10.4. The van der Waals surface area contributed by atoms with Gasteiger partial charge in [-0.3, -0.25) is 4.79 Å². The number of nitrogens with zero attached hydrogens (tertiary/aromatic N) is 4. The molecule has 1 aromatic rings. The first-order chi connectivity index (χ1) is 4.74. The van der Waals surface area contributed by atoms with Gasteiger partial charge in [-0.1, -0.05) is 0 Å². The summed E-state index contributed by atoms with van der Waals surface area (Å²) in [6.45, 7) is 2.42. The zero-order chi connectivity index (χ0) is 7.56. The molecule has 0 saturated carbocycles. The Labute approximate surface area is 57.0 Å². The van der Waals surface area contributed by atoms with Crippen LogP contribution in [0.15, 0.2) is 0 Å². The van der Waals surface area contributed by atoms with Crippen LogP contribution in [0.2, 0.25) is 0 Å². The number of primary amides is 1. The molecule has 0 atom stereocenters. The van der Waals surface area contributed by atoms with Crippen LogP contribution in [0.5, 0.6) is 0 Å². The predicted molar refractivity (Wildman–Crippen MR) is 32.0 cm³/mol. The molecule has 1 rings (SSSR count). The molecule has 2 N–H and O–H groups in total. The van der Waals surface area contributed by atoms with Gasteiger partial charge in [-0.05, 0) is 12.1 Å². The fraction of sp³-hybridized carbons (Fsp3) is 0.500. The third-order valence-electron chi connectivity index (χ3n) is 0.956. The number of aryl methyl sites for hydroxylation is 1. The predicted octanol–water partition coefficient (Wildman–Crippen LogP) is -1.21. The highest BCUT2D eigenvalue weighted by molar-refractivity contribution is 5.88. The van der Waals surface area contributed by atoms with Gasteiger partial charge in [0.15, 0.2) is 0 Å². The van der Waals surface area contributed by atoms with Crippen molar-refractivity contribution in [1.29, 1.82) is 0 Å². The van der Waals surface area contributed by atoms with Crippen LogP contribution in [-0.4, -0.2) is 26.1 Å². The van der Waals surface area contributed by atoms with Crippen molar-refractivity contribution < 1.29 is 4.79 Å². The van der Waals surface area contributed by atoms with E-state index in [2.05, 4.69) is 15.4 Å². The molecule has 0 aliphatic rings. The average molecular weight is 141 g/mol. The van der Waals surface area contributed by atoms with Crippen molar-refractivity contribution in [1.82, 2.24) is 20.2 Å². The number of carbonyl (C=O) groups excluding carboxylic acids is 1. The molecular weight excluding hydrogens is 134 g/mol. The summed E-state index contributed by atoms with van der Waals surface area (Å²) in [6.07, 6.45) is 0. The number of rotatable bonds is 2. The first-order valence-electron chi connectivity index (χ1n) is 2.81. The lowest BCUT2D eigenvalue weighted by atomic mass is 10.6. The van der Waals surface area contributed by atoms with E-state index in [-0.39, 0.29) is 5.82 Å². The van der Waals surface area contributed by atoms with Gasteiger partial charge in [0.2, 0.25) is 0 Å². The standard InChI is InChI=1S/C4H7N5O/c1-2-9-7-4(3(5)10)6-8-9/h2H2,1H3,(H2,5,10). The van der Waals surface area contributed by atoms with Crippen molar-refractivity contribution in [3.63, 3.8) is 0 Å². The molecule has 6 heteroatoms. The zero-order valence-electron chi connectivity index (χ0n) is 5.48. The molecule has 6 nitrogen and oxygen atoms in total. The van der Waals surface area contributed by atoms with Gasteiger partial charge < -0.3 is 5.73 Å². The van der Waals surface area contributed by atoms with E-state index in [1.807, 2.05) is 6.92 Å². The minimum absolute atomic E-state index is 0.0400. The SMILES string of the molecule is CCn1nnc(C(N)=O)n1. The molecule has 0 saturated heterocycles. The first kappa shape index (κ1) is 6.66. The van der Waals surface area contributed by atoms with Gasteiger partial charge in [-0.15, -0.1) is 10.2 Å². The van der Waals surface area contributed by atoms with E-state index in [4.69, 9.17) is 5.73 Å². The molecule has 0 aliphatic carbocycles. The lowest BCUT2D eigenvalue weighted by Gasteiger charge is -1.84. The molecule has 0 radical (unpaired) electrons. The van der Waals surface area contributed by atoms with Gasteiger partial charge in [0.25, 0.3) is 11.7 Å². The molecule has 0 bridgehead atoms. The second-order valence-electron chi connectivity index (χ2n) is 1.67. The Morgan fingerprint density at radius 3 is 2.80 bits per heavy atom. The van der Waals surface area contributed by atoms with Gasteiger partial charge in [-0.2, -0.15) is 4.80 Å². The lowest BCUT2D eigenvalue weighted by molar-refractivity contribution is 0.0990. The van der Waals surface area contributed by atoms with Crippen molar-refractivity contribution in [3.05, 3.63) is 5.82 Å². The molecule has 10 heavy (non-hydrogen) atoms. The summed E-state index contributed by atoms with van der Waals surface area (Å²) in [5.74, 6) is -0.693. The minimum Gasteiger partial charge on any atom is -0.363 e. The number of aromatic nitrogens is 4. The van der Waals surface area contributed by atoms with E-state index in [0.717, 1.165) is 0 Å². The molecule has 0 aliphatic heterocycles. The summed E-state index contributed by atoms with van der Waals surface area (Å²) >= 11 is 0. The fourth-order valence-corrected chi connectivity index (χ4v) is 0.476. The first-order valence-corrected chi connectivity index (χ1v) is 2.81. The summed E-state index contributed by atoms with van der Waals surface area (Å²) < 4.78 is 0. The fourth-order valence-electron chi connectivity index (χ4n) is 0.476. The molecule has 1 aromatic heterocycles. The van der Waals surface area contributed by atoms with Crippen molar-refractivity contribution >= 4 is 5.91 Å². The second-order valence-corrected chi connectivity index (χ2v) is 1.67. The summed E-state index contributed by atoms with van der Waals surface area (Å²) in [5.41, 5.74) is 4.86. The van der Waals surface area contributed by atoms with E-state index in [1.54, 1.807) is 0 Å². The third-order valence-corrected chi connectivity index (χ3v) is 0.956. The van der Waals surface area contributed by atoms with Gasteiger partial charge in [0.05, 0.1) is 6.54 Å². The normalized spacial score (nSPS) is 9.70. The van der Waals surface area contributed by atoms with Crippen LogP contribution in [0.25, 0.3) is 0 Å². The van der Waals surface area contributed by atoms with Crippen molar-refractivity contribution in [2.45, 2.75) is 13.5 Å². The van der Waals surface area contributed by atoms with Crippen LogP contribution in [0.1, 0.15) is 17.5 Å². The summed E-state index contributed by atoms with van der Waals surface area (Å²) in [6, 6.07) is 0. The van der Waals surface area contributed by atoms with Crippen molar-refractivity contribution in [2.24, 2.45) is 5.73 Å². The topological polar surface area (TPSA) is 86.7 Å². The maximum Gasteiger partial charge on any atom is 0.290 e. The average Bonchev–Trinajstić information content (AvgIpc) is 2.34. The van der Waals surface area contributed by atoms with Gasteiger partial charge >= 0.3 is 0 Å². The highest BCUT2D eigenvalue weighted by atomic mass is 16.1. The molecule has 0 fully saturated rings. The number of amides is 1. The van der Waals surface area contributed by atoms with Gasteiger partial charge in [0.1, 0.15) is 0 Å². The van der Waals surface area contributed by atoms with E-state index in [1.165, 1.54) is 4.80 Å². The number of tetrazole rings is 1. The van der Waals surface area contributed by atoms with Crippen molar-refractivity contribution in [2.75, 3.05) is 0 Å². The Kier molecular flexibility index (Phi) is 1.61. The van der Waals surface area contributed by atoms with E-state index in [0.29, 0.717) is 6.54 Å². The third kappa shape index (κ3) is 1.09. The molecular formula is C4H7N5O. The summed E-state index contributed by atoms with van der Waals surface area (Å²) in [5, 5.41) is 10.6. The van der Waals surface area contributed by atoms with Gasteiger partial charge in [0, 0.05) is 0 Å². The van der Waals surface area contributed by atoms with Gasteiger partial charge in [-0.25, -0.2) is 0 Å². The quantitative estimate of drug-likeness (QED) is 0.560. The lowest BCUT2D eigenvalue weighted by Crippen LogP contribution is -2.13. The molecule has 0 unspecified atom stereocenters. The van der Waals surface area contributed by atoms with E-state index < -0.39 is 5.91 Å². The molecule has 0 aromatic carbocycles. The van der Waals surface area contributed by atoms with E-state index >= 15 is 0 Å². The molecule has 0 spiro atoms. The molecule has 1 amide bonds. The highest BCUT2D eigenvalue weighted by Crippen LogP contribution is 1.82. The number of nitrogens with two attached hydrogens (primary N) is 1. The Hall–Kier alpha value is -1.46. The van der Waals surface area contributed by atoms with Crippen LogP contribution < -0.4 is 5.73 Å². The van der Waals surface area contributed by atoms with Crippen molar-refractivity contribution in [3.8, 4) is 0 Å². The largest absolute Gasteiger partial charge is 0.363 e. The maximum atomic E-state index is 10.4. The number of carbonyl (C=O) groups is 1.